The molecular weight excluding hydrogens is 853 g/mol. The van der Waals surface area contributed by atoms with Crippen LogP contribution in [0.25, 0.3) is 0 Å². The predicted octanol–water partition coefficient (Wildman–Crippen LogP) is 1.14. The molecule has 0 spiro atoms. The average Bonchev–Trinajstić information content (AvgIpc) is 4.08. The van der Waals surface area contributed by atoms with Crippen molar-refractivity contribution in [2.24, 2.45) is 56.4 Å². The summed E-state index contributed by atoms with van der Waals surface area (Å²) in [6.07, 6.45) is 22.1. The lowest BCUT2D eigenvalue weighted by atomic mass is 10.4. The summed E-state index contributed by atoms with van der Waals surface area (Å²) >= 11 is 2.51. The van der Waals surface area contributed by atoms with Crippen LogP contribution in [0.5, 0.6) is 0 Å². The van der Waals surface area contributed by atoms with Crippen molar-refractivity contribution in [2.75, 3.05) is 0 Å². The highest BCUT2D eigenvalue weighted by Crippen LogP contribution is 1.99. The number of tetrazole rings is 2. The van der Waals surface area contributed by atoms with Crippen LogP contribution in [0.4, 0.5) is 0 Å². The van der Waals surface area contributed by atoms with Crippen molar-refractivity contribution in [3.63, 3.8) is 0 Å². The summed E-state index contributed by atoms with van der Waals surface area (Å²) in [7, 11) is 14.7. The van der Waals surface area contributed by atoms with Crippen LogP contribution in [-0.2, 0) is 56.4 Å². The lowest BCUT2D eigenvalue weighted by molar-refractivity contribution is 0.654. The van der Waals surface area contributed by atoms with Gasteiger partial charge in [0.15, 0.2) is 0 Å². The molecule has 0 bridgehead atoms. The largest absolute Gasteiger partial charge is 0.357 e. The Balaban J connectivity index is 0.000000350. The van der Waals surface area contributed by atoms with Gasteiger partial charge in [0.2, 0.25) is 0 Å². The van der Waals surface area contributed by atoms with E-state index in [1.54, 1.807) is 101 Å². The molecule has 0 fully saturated rings. The van der Waals surface area contributed by atoms with Crippen LogP contribution in [-0.4, -0.2) is 137 Å². The fraction of sp³-hybridized carbons (Fsp3) is 0.394. The molecule has 0 saturated heterocycles. The zero-order valence-corrected chi connectivity index (χ0v) is 39.1. The maximum Gasteiger partial charge on any atom is 0.147 e. The van der Waals surface area contributed by atoms with Crippen molar-refractivity contribution in [1.82, 2.24) is 137 Å². The van der Waals surface area contributed by atoms with E-state index in [1.165, 1.54) is 45.6 Å². The summed E-state index contributed by atoms with van der Waals surface area (Å²) in [5.41, 5.74) is 3.09. The molecule has 0 unspecified atom stereocenters. The summed E-state index contributed by atoms with van der Waals surface area (Å²) in [6, 6.07) is 4.00. The van der Waals surface area contributed by atoms with Gasteiger partial charge in [-0.15, -0.1) is 25.5 Å². The van der Waals surface area contributed by atoms with Gasteiger partial charge in [-0.1, -0.05) is 5.21 Å². The van der Waals surface area contributed by atoms with E-state index in [1.807, 2.05) is 99.0 Å². The van der Waals surface area contributed by atoms with Crippen LogP contribution in [0.3, 0.4) is 0 Å². The zero-order valence-electron chi connectivity index (χ0n) is 37.5. The highest BCUT2D eigenvalue weighted by Gasteiger charge is 1.91. The Morgan fingerprint density at radius 1 is 0.524 bits per heavy atom. The second-order valence-corrected chi connectivity index (χ2v) is 13.0. The number of hydrogen-bond acceptors (Lipinski definition) is 22. The Morgan fingerprint density at radius 2 is 1.19 bits per heavy atom. The van der Waals surface area contributed by atoms with E-state index in [2.05, 4.69) is 99.4 Å². The van der Waals surface area contributed by atoms with Crippen LogP contribution in [0.15, 0.2) is 93.5 Å². The first kappa shape index (κ1) is 53.3. The Bertz CT molecular complexity index is 1970. The van der Waals surface area contributed by atoms with Crippen LogP contribution in [0.1, 0.15) is 28.7 Å². The zero-order chi connectivity index (χ0) is 46.7. The molecular formula is C33H54N28S2. The smallest absolute Gasteiger partial charge is 0.147 e. The van der Waals surface area contributed by atoms with Gasteiger partial charge < -0.3 is 9.13 Å². The third kappa shape index (κ3) is 30.0. The Hall–Kier alpha value is -7.76. The predicted molar refractivity (Wildman–Crippen MR) is 232 cm³/mol. The van der Waals surface area contributed by atoms with Crippen LogP contribution >= 0.6 is 23.5 Å². The van der Waals surface area contributed by atoms with Gasteiger partial charge in [-0.05, 0) is 67.6 Å². The molecule has 30 heteroatoms. The molecule has 0 atom stereocenters. The molecule has 0 N–H and O–H groups in total. The first-order valence-electron chi connectivity index (χ1n) is 18.1. The van der Waals surface area contributed by atoms with Gasteiger partial charge in [0.1, 0.15) is 49.6 Å². The molecule has 0 aromatic carbocycles. The summed E-state index contributed by atoms with van der Waals surface area (Å²) in [6.45, 7) is 9.54. The Labute approximate surface area is 372 Å². The van der Waals surface area contributed by atoms with Crippen molar-refractivity contribution in [3.8, 4) is 0 Å². The minimum atomic E-state index is 0.822. The van der Waals surface area contributed by atoms with Crippen LogP contribution < -0.4 is 0 Å². The third-order valence-electron chi connectivity index (χ3n) is 6.25. The van der Waals surface area contributed by atoms with Crippen LogP contribution in [0, 0.1) is 34.6 Å². The van der Waals surface area contributed by atoms with Crippen molar-refractivity contribution >= 4 is 23.5 Å². The highest BCUT2D eigenvalue weighted by molar-refractivity contribution is 6.99. The van der Waals surface area contributed by atoms with Gasteiger partial charge in [0, 0.05) is 75.0 Å². The van der Waals surface area contributed by atoms with Gasteiger partial charge in [-0.25, -0.2) is 19.3 Å². The van der Waals surface area contributed by atoms with Gasteiger partial charge in [-0.2, -0.15) is 42.7 Å². The fourth-order valence-electron chi connectivity index (χ4n) is 2.90. The van der Waals surface area contributed by atoms with Crippen molar-refractivity contribution in [3.05, 3.63) is 122 Å². The maximum absolute atomic E-state index is 3.95. The molecule has 0 aliphatic rings. The molecule has 10 rings (SSSR count). The third-order valence-corrected chi connectivity index (χ3v) is 7.53. The Kier molecular flexibility index (Phi) is 27.9. The topological polar surface area (TPSA) is 297 Å². The standard InChI is InChI=1S/C5H7N.C4H7N3.C4H6N2S.C3H6N4.4C3H5N3.C3H4N2S.C2H4N4/c1-6-4-2-3-5-6;1-4-5-3-7(2)6-4;1-3-4(2)6-7-5-3;1-3-4-5-6-7(3)2;1-6-2-4-5-3-6;1-6-3-4-2-5-6;1-6-3-2-4-5-6;1-6-4-2-3-5-6;1-3-2-4-6-5-3;1-6-2-3-4-5-6/h2-5H,1H3;3H,1-2H3;2*1-2H3;4*2-3H,1H3;2*2H,1H3. The van der Waals surface area contributed by atoms with Crippen molar-refractivity contribution in [1.29, 1.82) is 0 Å². The first-order valence-corrected chi connectivity index (χ1v) is 19.5. The molecule has 0 amide bonds. The van der Waals surface area contributed by atoms with Gasteiger partial charge in [0.05, 0.1) is 65.3 Å². The second kappa shape index (κ2) is 33.0. The number of nitrogens with zero attached hydrogens (tertiary/aromatic N) is 28. The minimum Gasteiger partial charge on any atom is -0.357 e. The average molecular weight is 907 g/mol. The van der Waals surface area contributed by atoms with E-state index in [-0.39, 0.29) is 0 Å². The fourth-order valence-corrected chi connectivity index (χ4v) is 3.88. The van der Waals surface area contributed by atoms with Gasteiger partial charge in [0.25, 0.3) is 0 Å². The number of aryl methyl sites for hydroxylation is 13. The lowest BCUT2D eigenvalue weighted by Crippen LogP contribution is -1.92. The number of aromatic nitrogens is 28. The second-order valence-electron chi connectivity index (χ2n) is 11.9. The quantitative estimate of drug-likeness (QED) is 0.206. The maximum atomic E-state index is 3.95. The monoisotopic (exact) mass is 906 g/mol. The molecule has 0 aliphatic heterocycles. The highest BCUT2D eigenvalue weighted by atomic mass is 32.1. The van der Waals surface area contributed by atoms with E-state index in [0.29, 0.717) is 0 Å². The van der Waals surface area contributed by atoms with E-state index >= 15 is 0 Å². The van der Waals surface area contributed by atoms with E-state index in [9.17, 15) is 0 Å². The SMILES string of the molecule is Cc1cnsn1.Cc1ncn(C)n1.Cc1nnnn1C.Cc1nsnc1C.Cn1cccc1.Cn1ccnn1.Cn1cncn1.Cn1cnnc1.Cn1cnnn1.Cn1nccn1. The summed E-state index contributed by atoms with van der Waals surface area (Å²) < 4.78 is 27.4. The van der Waals surface area contributed by atoms with Crippen molar-refractivity contribution < 1.29 is 0 Å². The van der Waals surface area contributed by atoms with E-state index in [0.717, 1.165) is 28.7 Å². The lowest BCUT2D eigenvalue weighted by Gasteiger charge is -1.81. The Morgan fingerprint density at radius 3 is 1.35 bits per heavy atom. The molecule has 0 radical (unpaired) electrons. The summed E-state index contributed by atoms with van der Waals surface area (Å²) in [5, 5.41) is 50.0. The molecule has 10 aromatic rings. The van der Waals surface area contributed by atoms with Gasteiger partial charge in [-0.3, -0.25) is 14.0 Å². The normalized spacial score (nSPS) is 9.03. The van der Waals surface area contributed by atoms with E-state index in [4.69, 9.17) is 0 Å². The molecule has 28 nitrogen and oxygen atoms in total. The minimum absolute atomic E-state index is 0.822. The molecule has 63 heavy (non-hydrogen) atoms. The first-order chi connectivity index (χ1) is 30.2. The van der Waals surface area contributed by atoms with Gasteiger partial charge >= 0.3 is 0 Å². The summed E-state index contributed by atoms with van der Waals surface area (Å²) in [5.74, 6) is 1.66. The molecule has 10 aromatic heterocycles. The van der Waals surface area contributed by atoms with Crippen molar-refractivity contribution in [2.45, 2.75) is 34.6 Å². The van der Waals surface area contributed by atoms with Crippen LogP contribution in [0.2, 0.25) is 0 Å². The number of hydrogen-bond donors (Lipinski definition) is 0. The molecule has 0 saturated carbocycles. The summed E-state index contributed by atoms with van der Waals surface area (Å²) in [4.78, 5) is 9.04. The molecule has 338 valence electrons. The number of rotatable bonds is 0. The molecule has 10 heterocycles. The molecule has 0 aliphatic carbocycles. The van der Waals surface area contributed by atoms with E-state index < -0.39 is 0 Å².